The zero-order chi connectivity index (χ0) is 18.1. The normalized spacial score (nSPS) is 27.8. The Hall–Kier alpha value is -1.35. The van der Waals surface area contributed by atoms with Gasteiger partial charge in [0.25, 0.3) is 0 Å². The first-order valence-corrected chi connectivity index (χ1v) is 9.12. The molecule has 1 unspecified atom stereocenters. The summed E-state index contributed by atoms with van der Waals surface area (Å²) in [5.74, 6) is 0.150. The summed E-state index contributed by atoms with van der Waals surface area (Å²) in [6.07, 6.45) is 1.96. The molecule has 1 heterocycles. The van der Waals surface area contributed by atoms with Crippen molar-refractivity contribution >= 4 is 5.97 Å². The monoisotopic (exact) mass is 331 g/mol. The molecule has 0 aliphatic carbocycles. The van der Waals surface area contributed by atoms with E-state index in [4.69, 9.17) is 4.74 Å². The maximum Gasteiger partial charge on any atom is 0.315 e. The van der Waals surface area contributed by atoms with Gasteiger partial charge in [-0.3, -0.25) is 4.79 Å². The largest absolute Gasteiger partial charge is 0.462 e. The maximum absolute atomic E-state index is 13.0. The minimum absolute atomic E-state index is 0.00789. The van der Waals surface area contributed by atoms with Crippen molar-refractivity contribution in [1.29, 1.82) is 0 Å². The SMILES string of the molecule is Cc1ccccc1[C@@H](C(=O)OC(C)C)[C@@]1(C)CCC(C)C(C)(C)N1. The van der Waals surface area contributed by atoms with E-state index in [9.17, 15) is 4.79 Å². The second-order valence-electron chi connectivity index (χ2n) is 8.48. The van der Waals surface area contributed by atoms with Crippen LogP contribution in [-0.4, -0.2) is 23.2 Å². The number of hydrogen-bond acceptors (Lipinski definition) is 3. The van der Waals surface area contributed by atoms with Crippen LogP contribution in [0.2, 0.25) is 0 Å². The lowest BCUT2D eigenvalue weighted by Crippen LogP contribution is -2.64. The molecule has 0 radical (unpaired) electrons. The van der Waals surface area contributed by atoms with Gasteiger partial charge in [0, 0.05) is 11.1 Å². The van der Waals surface area contributed by atoms with Crippen molar-refractivity contribution in [2.45, 2.75) is 84.4 Å². The molecule has 3 atom stereocenters. The average Bonchev–Trinajstić information content (AvgIpc) is 2.44. The quantitative estimate of drug-likeness (QED) is 0.820. The fraction of sp³-hybridized carbons (Fsp3) is 0.667. The summed E-state index contributed by atoms with van der Waals surface area (Å²) in [4.78, 5) is 13.0. The van der Waals surface area contributed by atoms with Gasteiger partial charge in [-0.15, -0.1) is 0 Å². The Morgan fingerprint density at radius 1 is 1.25 bits per heavy atom. The van der Waals surface area contributed by atoms with E-state index in [1.54, 1.807) is 0 Å². The van der Waals surface area contributed by atoms with Gasteiger partial charge in [-0.2, -0.15) is 0 Å². The van der Waals surface area contributed by atoms with Crippen molar-refractivity contribution in [2.75, 3.05) is 0 Å². The van der Waals surface area contributed by atoms with E-state index in [-0.39, 0.29) is 29.1 Å². The molecule has 0 aromatic heterocycles. The van der Waals surface area contributed by atoms with E-state index in [1.165, 1.54) is 0 Å². The Balaban J connectivity index is 2.46. The highest BCUT2D eigenvalue weighted by Gasteiger charge is 2.48. The Morgan fingerprint density at radius 3 is 2.42 bits per heavy atom. The fourth-order valence-electron chi connectivity index (χ4n) is 3.96. The summed E-state index contributed by atoms with van der Waals surface area (Å²) in [6, 6.07) is 8.18. The van der Waals surface area contributed by atoms with Crippen LogP contribution in [0.15, 0.2) is 24.3 Å². The third-order valence-electron chi connectivity index (χ3n) is 5.66. The summed E-state index contributed by atoms with van der Waals surface area (Å²) in [6.45, 7) is 14.8. The number of carbonyl (C=O) groups excluding carboxylic acids is 1. The molecule has 0 amide bonds. The van der Waals surface area contributed by atoms with Gasteiger partial charge in [0.2, 0.25) is 0 Å². The van der Waals surface area contributed by atoms with Crippen LogP contribution in [0.25, 0.3) is 0 Å². The first-order valence-electron chi connectivity index (χ1n) is 9.12. The van der Waals surface area contributed by atoms with Gasteiger partial charge in [-0.05, 0) is 71.4 Å². The molecular weight excluding hydrogens is 298 g/mol. The van der Waals surface area contributed by atoms with E-state index in [1.807, 2.05) is 26.0 Å². The van der Waals surface area contributed by atoms with E-state index in [0.29, 0.717) is 5.92 Å². The van der Waals surface area contributed by atoms with Crippen LogP contribution in [0.5, 0.6) is 0 Å². The molecule has 3 nitrogen and oxygen atoms in total. The van der Waals surface area contributed by atoms with E-state index in [0.717, 1.165) is 24.0 Å². The molecule has 2 rings (SSSR count). The standard InChI is InChI=1S/C21H33NO2/c1-14(2)24-19(23)18(17-11-9-8-10-15(17)3)21(7)13-12-16(4)20(5,6)22-21/h8-11,14,16,18,22H,12-13H2,1-7H3/t16?,18-,21+/m0/s1. The topological polar surface area (TPSA) is 38.3 Å². The molecule has 3 heteroatoms. The number of rotatable bonds is 4. The lowest BCUT2D eigenvalue weighted by molar-refractivity contribution is -0.152. The fourth-order valence-corrected chi connectivity index (χ4v) is 3.96. The lowest BCUT2D eigenvalue weighted by atomic mass is 9.68. The third kappa shape index (κ3) is 3.83. The van der Waals surface area contributed by atoms with Gasteiger partial charge in [0.05, 0.1) is 12.0 Å². The van der Waals surface area contributed by atoms with Crippen LogP contribution in [0.4, 0.5) is 0 Å². The molecular formula is C21H33NO2. The molecule has 0 spiro atoms. The number of carbonyl (C=O) groups is 1. The van der Waals surface area contributed by atoms with Crippen molar-refractivity contribution in [2.24, 2.45) is 5.92 Å². The summed E-state index contributed by atoms with van der Waals surface area (Å²) < 4.78 is 5.66. The zero-order valence-electron chi connectivity index (χ0n) is 16.3. The van der Waals surface area contributed by atoms with E-state index >= 15 is 0 Å². The minimum Gasteiger partial charge on any atom is -0.462 e. The van der Waals surface area contributed by atoms with Crippen LogP contribution in [0.1, 0.15) is 71.4 Å². The van der Waals surface area contributed by atoms with Crippen molar-refractivity contribution in [3.63, 3.8) is 0 Å². The summed E-state index contributed by atoms with van der Waals surface area (Å²) in [5, 5.41) is 3.80. The highest BCUT2D eigenvalue weighted by Crippen LogP contribution is 2.42. The van der Waals surface area contributed by atoms with Crippen LogP contribution < -0.4 is 5.32 Å². The first-order chi connectivity index (χ1) is 11.1. The van der Waals surface area contributed by atoms with Gasteiger partial charge in [-0.1, -0.05) is 31.2 Å². The molecule has 1 saturated heterocycles. The molecule has 1 aromatic rings. The van der Waals surface area contributed by atoms with Gasteiger partial charge >= 0.3 is 5.97 Å². The number of ether oxygens (including phenoxy) is 1. The van der Waals surface area contributed by atoms with Gasteiger partial charge in [0.1, 0.15) is 0 Å². The molecule has 0 bridgehead atoms. The predicted molar refractivity (Wildman–Crippen MR) is 99.2 cm³/mol. The number of aryl methyl sites for hydroxylation is 1. The van der Waals surface area contributed by atoms with Crippen molar-refractivity contribution in [1.82, 2.24) is 5.32 Å². The Labute approximate surface area is 147 Å². The van der Waals surface area contributed by atoms with Crippen molar-refractivity contribution in [3.05, 3.63) is 35.4 Å². The van der Waals surface area contributed by atoms with Crippen LogP contribution in [-0.2, 0) is 9.53 Å². The maximum atomic E-state index is 13.0. The predicted octanol–water partition coefficient (Wildman–Crippen LogP) is 4.59. The molecule has 1 N–H and O–H groups in total. The number of benzene rings is 1. The third-order valence-corrected chi connectivity index (χ3v) is 5.66. The average molecular weight is 332 g/mol. The van der Waals surface area contributed by atoms with E-state index < -0.39 is 0 Å². The van der Waals surface area contributed by atoms with E-state index in [2.05, 4.69) is 52.1 Å². The summed E-state index contributed by atoms with van der Waals surface area (Å²) in [7, 11) is 0. The minimum atomic E-state index is -0.311. The molecule has 0 saturated carbocycles. The van der Waals surface area contributed by atoms with Crippen molar-refractivity contribution < 1.29 is 9.53 Å². The van der Waals surface area contributed by atoms with Crippen molar-refractivity contribution in [3.8, 4) is 0 Å². The van der Waals surface area contributed by atoms with Gasteiger partial charge < -0.3 is 10.1 Å². The van der Waals surface area contributed by atoms with Gasteiger partial charge in [0.15, 0.2) is 0 Å². The van der Waals surface area contributed by atoms with Crippen LogP contribution in [0, 0.1) is 12.8 Å². The molecule has 134 valence electrons. The first kappa shape index (κ1) is 19.0. The smallest absolute Gasteiger partial charge is 0.315 e. The second kappa shape index (κ2) is 6.87. The molecule has 1 aliphatic heterocycles. The Kier molecular flexibility index (Phi) is 5.44. The Bertz CT molecular complexity index is 593. The number of esters is 1. The molecule has 1 aliphatic rings. The Morgan fingerprint density at radius 2 is 1.88 bits per heavy atom. The zero-order valence-corrected chi connectivity index (χ0v) is 16.3. The number of piperidine rings is 1. The lowest BCUT2D eigenvalue weighted by Gasteiger charge is -2.51. The highest BCUT2D eigenvalue weighted by molar-refractivity contribution is 5.81. The molecule has 1 aromatic carbocycles. The summed E-state index contributed by atoms with van der Waals surface area (Å²) in [5.41, 5.74) is 1.89. The highest BCUT2D eigenvalue weighted by atomic mass is 16.5. The summed E-state index contributed by atoms with van der Waals surface area (Å²) >= 11 is 0. The van der Waals surface area contributed by atoms with Gasteiger partial charge in [-0.25, -0.2) is 0 Å². The number of nitrogens with one attached hydrogen (secondary N) is 1. The molecule has 1 fully saturated rings. The van der Waals surface area contributed by atoms with Crippen LogP contribution >= 0.6 is 0 Å². The molecule has 24 heavy (non-hydrogen) atoms. The number of hydrogen-bond donors (Lipinski definition) is 1. The second-order valence-corrected chi connectivity index (χ2v) is 8.48. The van der Waals surface area contributed by atoms with Crippen LogP contribution in [0.3, 0.4) is 0 Å².